The minimum absolute atomic E-state index is 0.0638. The maximum Gasteiger partial charge on any atom is 0.318 e. The highest BCUT2D eigenvalue weighted by Crippen LogP contribution is 2.35. The molecule has 3 atom stereocenters. The number of carbonyl (C=O) groups is 1. The van der Waals surface area contributed by atoms with E-state index in [1.165, 1.54) is 0 Å². The molecule has 27 heavy (non-hydrogen) atoms. The first kappa shape index (κ1) is 17.8. The SMILES string of the molecule is O=C([C@H]1CCN(c2nnco2)C[C@H]1F)N1OCC[C@H]1c1cc(F)cc(F)c1. The van der Waals surface area contributed by atoms with E-state index in [2.05, 4.69) is 10.2 Å². The number of hydrogen-bond acceptors (Lipinski definition) is 6. The van der Waals surface area contributed by atoms with Crippen LogP contribution < -0.4 is 4.90 Å². The van der Waals surface area contributed by atoms with Gasteiger partial charge in [-0.25, -0.2) is 18.2 Å². The monoisotopic (exact) mass is 382 g/mol. The van der Waals surface area contributed by atoms with Gasteiger partial charge in [0.05, 0.1) is 25.1 Å². The lowest BCUT2D eigenvalue weighted by atomic mass is 9.93. The van der Waals surface area contributed by atoms with E-state index in [-0.39, 0.29) is 31.2 Å². The molecule has 0 bridgehead atoms. The lowest BCUT2D eigenvalue weighted by molar-refractivity contribution is -0.184. The molecule has 1 amide bonds. The summed E-state index contributed by atoms with van der Waals surface area (Å²) in [4.78, 5) is 19.8. The van der Waals surface area contributed by atoms with Crippen LogP contribution in [0.3, 0.4) is 0 Å². The van der Waals surface area contributed by atoms with E-state index in [9.17, 15) is 18.0 Å². The number of hydroxylamine groups is 2. The van der Waals surface area contributed by atoms with Gasteiger partial charge in [0.2, 0.25) is 6.39 Å². The number of anilines is 1. The summed E-state index contributed by atoms with van der Waals surface area (Å²) in [7, 11) is 0. The van der Waals surface area contributed by atoms with Crippen LogP contribution in [-0.4, -0.2) is 47.0 Å². The Hall–Kier alpha value is -2.62. The molecule has 2 fully saturated rings. The third-order valence-electron chi connectivity index (χ3n) is 4.87. The summed E-state index contributed by atoms with van der Waals surface area (Å²) in [6.07, 6.45) is 0.298. The molecular formula is C17H17F3N4O3. The number of amides is 1. The van der Waals surface area contributed by atoms with E-state index in [0.29, 0.717) is 13.0 Å². The zero-order valence-corrected chi connectivity index (χ0v) is 14.2. The number of benzene rings is 1. The van der Waals surface area contributed by atoms with Gasteiger partial charge >= 0.3 is 6.01 Å². The number of hydrogen-bond donors (Lipinski definition) is 0. The number of piperidine rings is 1. The average molecular weight is 382 g/mol. The number of aromatic nitrogens is 2. The first-order valence-corrected chi connectivity index (χ1v) is 8.60. The van der Waals surface area contributed by atoms with Gasteiger partial charge in [-0.05, 0) is 24.1 Å². The molecule has 10 heteroatoms. The Morgan fingerprint density at radius 1 is 1.19 bits per heavy atom. The van der Waals surface area contributed by atoms with Gasteiger partial charge in [0, 0.05) is 19.0 Å². The summed E-state index contributed by atoms with van der Waals surface area (Å²) in [5, 5.41) is 8.36. The summed E-state index contributed by atoms with van der Waals surface area (Å²) in [6.45, 7) is 0.518. The Morgan fingerprint density at radius 2 is 1.96 bits per heavy atom. The van der Waals surface area contributed by atoms with Crippen molar-refractivity contribution in [1.82, 2.24) is 15.3 Å². The molecule has 0 spiro atoms. The molecule has 3 heterocycles. The first-order valence-electron chi connectivity index (χ1n) is 8.60. The topological polar surface area (TPSA) is 71.7 Å². The maximum absolute atomic E-state index is 14.7. The van der Waals surface area contributed by atoms with Crippen LogP contribution in [0.15, 0.2) is 29.0 Å². The molecule has 4 rings (SSSR count). The molecule has 0 radical (unpaired) electrons. The summed E-state index contributed by atoms with van der Waals surface area (Å²) in [5.74, 6) is -2.91. The highest BCUT2D eigenvalue weighted by Gasteiger charge is 2.42. The van der Waals surface area contributed by atoms with Crippen LogP contribution in [0, 0.1) is 17.6 Å². The molecule has 2 aromatic rings. The van der Waals surface area contributed by atoms with Crippen molar-refractivity contribution in [2.24, 2.45) is 5.92 Å². The standard InChI is InChI=1S/C17H17F3N4O3/c18-11-5-10(6-12(19)7-11)15-2-4-27-24(15)16(25)13-1-3-23(8-14(13)20)17-22-21-9-26-17/h5-7,9,13-15H,1-4,8H2/t13-,14+,15-/m0/s1. The van der Waals surface area contributed by atoms with Gasteiger partial charge in [-0.3, -0.25) is 9.63 Å². The minimum atomic E-state index is -1.47. The average Bonchev–Trinajstić information content (AvgIpc) is 3.32. The van der Waals surface area contributed by atoms with E-state index < -0.39 is 35.7 Å². The van der Waals surface area contributed by atoms with Crippen molar-refractivity contribution in [3.63, 3.8) is 0 Å². The largest absolute Gasteiger partial charge is 0.411 e. The van der Waals surface area contributed by atoms with Crippen molar-refractivity contribution < 1.29 is 27.2 Å². The smallest absolute Gasteiger partial charge is 0.318 e. The zero-order chi connectivity index (χ0) is 19.0. The molecule has 7 nitrogen and oxygen atoms in total. The molecule has 1 aromatic heterocycles. The molecule has 0 N–H and O–H groups in total. The van der Waals surface area contributed by atoms with Gasteiger partial charge < -0.3 is 9.32 Å². The van der Waals surface area contributed by atoms with Crippen LogP contribution in [0.25, 0.3) is 0 Å². The lowest BCUT2D eigenvalue weighted by Crippen LogP contribution is -2.48. The fourth-order valence-electron chi connectivity index (χ4n) is 3.58. The molecule has 2 saturated heterocycles. The van der Waals surface area contributed by atoms with E-state index in [4.69, 9.17) is 9.25 Å². The highest BCUT2D eigenvalue weighted by atomic mass is 19.1. The molecule has 0 aliphatic carbocycles. The molecule has 2 aliphatic heterocycles. The van der Waals surface area contributed by atoms with Gasteiger partial charge in [-0.15, -0.1) is 5.10 Å². The molecule has 1 aromatic carbocycles. The van der Waals surface area contributed by atoms with Crippen LogP contribution in [0.5, 0.6) is 0 Å². The normalized spacial score (nSPS) is 25.8. The molecular weight excluding hydrogens is 365 g/mol. The van der Waals surface area contributed by atoms with Crippen molar-refractivity contribution >= 4 is 11.9 Å². The molecule has 2 aliphatic rings. The fourth-order valence-corrected chi connectivity index (χ4v) is 3.58. The van der Waals surface area contributed by atoms with Gasteiger partial charge in [0.25, 0.3) is 5.91 Å². The number of halogens is 3. The quantitative estimate of drug-likeness (QED) is 0.812. The summed E-state index contributed by atoms with van der Waals surface area (Å²) in [6, 6.07) is 2.63. The predicted molar refractivity (Wildman–Crippen MR) is 86.0 cm³/mol. The number of rotatable bonds is 3. The van der Waals surface area contributed by atoms with Crippen LogP contribution >= 0.6 is 0 Å². The Labute approximate surface area is 152 Å². The van der Waals surface area contributed by atoms with Gasteiger partial charge in [0.1, 0.15) is 17.8 Å². The van der Waals surface area contributed by atoms with Crippen molar-refractivity contribution in [2.45, 2.75) is 25.1 Å². The maximum atomic E-state index is 14.7. The van der Waals surface area contributed by atoms with E-state index in [0.717, 1.165) is 29.7 Å². The third-order valence-corrected chi connectivity index (χ3v) is 4.87. The summed E-state index contributed by atoms with van der Waals surface area (Å²) >= 11 is 0. The highest BCUT2D eigenvalue weighted by molar-refractivity contribution is 5.79. The van der Waals surface area contributed by atoms with E-state index in [1.807, 2.05) is 0 Å². The summed E-state index contributed by atoms with van der Waals surface area (Å²) < 4.78 is 46.8. The number of carbonyl (C=O) groups excluding carboxylic acids is 1. The molecule has 0 unspecified atom stereocenters. The molecule has 144 valence electrons. The second kappa shape index (κ2) is 7.18. The Kier molecular flexibility index (Phi) is 4.73. The third kappa shape index (κ3) is 3.48. The molecule has 0 saturated carbocycles. The summed E-state index contributed by atoms with van der Waals surface area (Å²) in [5.41, 5.74) is 0.289. The van der Waals surface area contributed by atoms with Gasteiger partial charge in [0.15, 0.2) is 0 Å². The fraction of sp³-hybridized carbons (Fsp3) is 0.471. The lowest BCUT2D eigenvalue weighted by Gasteiger charge is -2.35. The van der Waals surface area contributed by atoms with Crippen molar-refractivity contribution in [3.05, 3.63) is 41.8 Å². The number of nitrogens with zero attached hydrogens (tertiary/aromatic N) is 4. The van der Waals surface area contributed by atoms with Crippen molar-refractivity contribution in [1.29, 1.82) is 0 Å². The predicted octanol–water partition coefficient (Wildman–Crippen LogP) is 2.42. The number of alkyl halides is 1. The van der Waals surface area contributed by atoms with Crippen LogP contribution in [0.4, 0.5) is 19.2 Å². The van der Waals surface area contributed by atoms with Gasteiger partial charge in [-0.1, -0.05) is 5.10 Å². The Bertz CT molecular complexity index is 800. The van der Waals surface area contributed by atoms with Crippen molar-refractivity contribution in [2.75, 3.05) is 24.6 Å². The Morgan fingerprint density at radius 3 is 2.63 bits per heavy atom. The van der Waals surface area contributed by atoms with Crippen LogP contribution in [-0.2, 0) is 9.63 Å². The zero-order valence-electron chi connectivity index (χ0n) is 14.2. The second-order valence-corrected chi connectivity index (χ2v) is 6.58. The van der Waals surface area contributed by atoms with E-state index in [1.54, 1.807) is 4.90 Å². The minimum Gasteiger partial charge on any atom is -0.411 e. The first-order chi connectivity index (χ1) is 13.0. The van der Waals surface area contributed by atoms with Crippen LogP contribution in [0.2, 0.25) is 0 Å². The van der Waals surface area contributed by atoms with E-state index >= 15 is 0 Å². The van der Waals surface area contributed by atoms with Crippen molar-refractivity contribution in [3.8, 4) is 0 Å². The Balaban J connectivity index is 1.48. The second-order valence-electron chi connectivity index (χ2n) is 6.58. The van der Waals surface area contributed by atoms with Crippen LogP contribution in [0.1, 0.15) is 24.4 Å². The van der Waals surface area contributed by atoms with Gasteiger partial charge in [-0.2, -0.15) is 0 Å².